The van der Waals surface area contributed by atoms with E-state index in [9.17, 15) is 8.42 Å². The van der Waals surface area contributed by atoms with Crippen LogP contribution < -0.4 is 4.18 Å². The summed E-state index contributed by atoms with van der Waals surface area (Å²) in [5.41, 5.74) is -0.0953. The topological polar surface area (TPSA) is 43.4 Å². The zero-order valence-electron chi connectivity index (χ0n) is 6.30. The summed E-state index contributed by atoms with van der Waals surface area (Å²) in [5, 5.41) is 0. The lowest BCUT2D eigenvalue weighted by atomic mass is 10.3. The van der Waals surface area contributed by atoms with Crippen LogP contribution in [0, 0.1) is 0 Å². The first-order chi connectivity index (χ1) is 5.64. The summed E-state index contributed by atoms with van der Waals surface area (Å²) in [6, 6.07) is 8.41. The van der Waals surface area contributed by atoms with Gasteiger partial charge in [-0.3, -0.25) is 0 Å². The lowest BCUT2D eigenvalue weighted by molar-refractivity contribution is 0.491. The molecule has 1 aromatic carbocycles. The predicted octanol–water partition coefficient (Wildman–Crippen LogP) is 1.23. The molecule has 1 rings (SSSR count). The average Bonchev–Trinajstić information content (AvgIpc) is 2.06. The van der Waals surface area contributed by atoms with Crippen LogP contribution in [0.15, 0.2) is 30.3 Å². The molecule has 0 aromatic heterocycles. The van der Waals surface area contributed by atoms with Gasteiger partial charge >= 0.3 is 10.1 Å². The van der Waals surface area contributed by atoms with Crippen molar-refractivity contribution in [1.29, 1.82) is 0 Å². The molecule has 3 nitrogen and oxygen atoms in total. The molecule has 0 aliphatic heterocycles. The van der Waals surface area contributed by atoms with E-state index < -0.39 is 10.1 Å². The Morgan fingerprint density at radius 1 is 1.25 bits per heavy atom. The quantitative estimate of drug-likeness (QED) is 0.549. The molecule has 0 amide bonds. The van der Waals surface area contributed by atoms with Crippen molar-refractivity contribution in [2.45, 2.75) is 0 Å². The number of hydrogen-bond acceptors (Lipinski definition) is 3. The van der Waals surface area contributed by atoms with Gasteiger partial charge in [-0.2, -0.15) is 8.42 Å². The number of rotatable bonds is 3. The summed E-state index contributed by atoms with van der Waals surface area (Å²) in [6.45, 7) is 0. The normalized spacial score (nSPS) is 11.1. The van der Waals surface area contributed by atoms with Gasteiger partial charge in [-0.1, -0.05) is 18.2 Å². The van der Waals surface area contributed by atoms with Gasteiger partial charge in [0.25, 0.3) is 0 Å². The molecule has 12 heavy (non-hydrogen) atoms. The molecule has 0 radical (unpaired) electrons. The lowest BCUT2D eigenvalue weighted by Crippen LogP contribution is -2.09. The van der Waals surface area contributed by atoms with Crippen molar-refractivity contribution >= 4 is 19.4 Å². The molecule has 0 saturated heterocycles. The van der Waals surface area contributed by atoms with Crippen molar-refractivity contribution in [3.8, 4) is 5.75 Å². The van der Waals surface area contributed by atoms with Crippen molar-refractivity contribution in [3.63, 3.8) is 0 Å². The highest BCUT2D eigenvalue weighted by molar-refractivity contribution is 7.90. The van der Waals surface area contributed by atoms with Gasteiger partial charge in [0, 0.05) is 0 Å². The highest BCUT2D eigenvalue weighted by Crippen LogP contribution is 2.12. The summed E-state index contributed by atoms with van der Waals surface area (Å²) in [4.78, 5) is 0. The van der Waals surface area contributed by atoms with Crippen molar-refractivity contribution < 1.29 is 12.6 Å². The van der Waals surface area contributed by atoms with Gasteiger partial charge < -0.3 is 4.18 Å². The maximum Gasteiger partial charge on any atom is 0.312 e. The van der Waals surface area contributed by atoms with Gasteiger partial charge in [-0.25, -0.2) is 0 Å². The van der Waals surface area contributed by atoms with Crippen LogP contribution in [-0.2, 0) is 10.1 Å². The van der Waals surface area contributed by atoms with Crippen LogP contribution in [0.3, 0.4) is 0 Å². The number of benzene rings is 1. The van der Waals surface area contributed by atoms with Gasteiger partial charge in [-0.15, -0.1) is 9.24 Å². The lowest BCUT2D eigenvalue weighted by Gasteiger charge is -2.02. The predicted molar refractivity (Wildman–Crippen MR) is 50.6 cm³/mol. The van der Waals surface area contributed by atoms with E-state index in [1.54, 1.807) is 30.3 Å². The molecule has 1 atom stereocenters. The second kappa shape index (κ2) is 3.87. The molecule has 0 saturated carbocycles. The van der Waals surface area contributed by atoms with E-state index in [1.165, 1.54) is 0 Å². The van der Waals surface area contributed by atoms with Crippen LogP contribution in [0.25, 0.3) is 0 Å². The van der Waals surface area contributed by atoms with Crippen LogP contribution >= 0.6 is 9.24 Å². The first kappa shape index (κ1) is 9.49. The number of para-hydroxylation sites is 1. The van der Waals surface area contributed by atoms with Crippen LogP contribution in [0.1, 0.15) is 0 Å². The smallest absolute Gasteiger partial charge is 0.312 e. The average molecular weight is 204 g/mol. The Kier molecular flexibility index (Phi) is 3.06. The van der Waals surface area contributed by atoms with E-state index in [2.05, 4.69) is 9.24 Å². The molecule has 66 valence electrons. The fraction of sp³-hybridized carbons (Fsp3) is 0.143. The Bertz CT molecular complexity index is 333. The van der Waals surface area contributed by atoms with Gasteiger partial charge in [-0.05, 0) is 12.1 Å². The largest absolute Gasteiger partial charge is 0.382 e. The minimum Gasteiger partial charge on any atom is -0.382 e. The van der Waals surface area contributed by atoms with Gasteiger partial charge in [0.15, 0.2) is 0 Å². The van der Waals surface area contributed by atoms with Gasteiger partial charge in [0.1, 0.15) is 11.2 Å². The molecule has 0 aliphatic carbocycles. The summed E-state index contributed by atoms with van der Waals surface area (Å²) < 4.78 is 26.6. The van der Waals surface area contributed by atoms with Crippen LogP contribution in [0.5, 0.6) is 5.75 Å². The molecule has 0 N–H and O–H groups in total. The third-order valence-electron chi connectivity index (χ3n) is 1.17. The van der Waals surface area contributed by atoms with Crippen LogP contribution in [0.4, 0.5) is 0 Å². The van der Waals surface area contributed by atoms with E-state index in [-0.39, 0.29) is 5.49 Å². The Morgan fingerprint density at radius 2 is 1.83 bits per heavy atom. The molecule has 5 heteroatoms. The fourth-order valence-corrected chi connectivity index (χ4v) is 1.33. The second-order valence-corrected chi connectivity index (χ2v) is 4.74. The molecule has 0 heterocycles. The minimum absolute atomic E-state index is 0.0953. The third-order valence-corrected chi connectivity index (χ3v) is 3.25. The van der Waals surface area contributed by atoms with E-state index in [4.69, 9.17) is 4.18 Å². The molecule has 0 bridgehead atoms. The molecule has 0 fully saturated rings. The van der Waals surface area contributed by atoms with Crippen LogP contribution in [-0.4, -0.2) is 13.9 Å². The molecule has 1 unspecified atom stereocenters. The Balaban J connectivity index is 2.78. The van der Waals surface area contributed by atoms with E-state index in [0.29, 0.717) is 5.75 Å². The number of hydrogen-bond donors (Lipinski definition) is 0. The van der Waals surface area contributed by atoms with Gasteiger partial charge in [0.05, 0.1) is 0 Å². The van der Waals surface area contributed by atoms with Gasteiger partial charge in [0.2, 0.25) is 0 Å². The Morgan fingerprint density at radius 3 is 2.33 bits per heavy atom. The molecular formula is C7H9O3PS. The SMILES string of the molecule is O=S(=O)(CP)Oc1ccccc1. The van der Waals surface area contributed by atoms with E-state index in [1.807, 2.05) is 0 Å². The maximum atomic E-state index is 10.9. The van der Waals surface area contributed by atoms with E-state index in [0.717, 1.165) is 0 Å². The van der Waals surface area contributed by atoms with Crippen molar-refractivity contribution in [1.82, 2.24) is 0 Å². The standard InChI is InChI=1S/C7H9O3PS/c8-12(9,6-11)10-7-4-2-1-3-5-7/h1-5H,6,11H2. The van der Waals surface area contributed by atoms with Crippen molar-refractivity contribution in [2.75, 3.05) is 5.49 Å². The molecule has 1 aromatic rings. The first-order valence-electron chi connectivity index (χ1n) is 3.31. The van der Waals surface area contributed by atoms with Crippen molar-refractivity contribution in [3.05, 3.63) is 30.3 Å². The Hall–Kier alpha value is -0.600. The molecule has 0 spiro atoms. The highest BCUT2D eigenvalue weighted by atomic mass is 32.2. The summed E-state index contributed by atoms with van der Waals surface area (Å²) in [7, 11) is -1.30. The summed E-state index contributed by atoms with van der Waals surface area (Å²) in [5.74, 6) is 0.347. The fourth-order valence-electron chi connectivity index (χ4n) is 0.657. The summed E-state index contributed by atoms with van der Waals surface area (Å²) in [6.07, 6.45) is 0. The highest BCUT2D eigenvalue weighted by Gasteiger charge is 2.07. The zero-order chi connectivity index (χ0) is 9.03. The molecule has 0 aliphatic rings. The minimum atomic E-state index is -3.41. The zero-order valence-corrected chi connectivity index (χ0v) is 8.28. The monoisotopic (exact) mass is 204 g/mol. The van der Waals surface area contributed by atoms with E-state index >= 15 is 0 Å². The van der Waals surface area contributed by atoms with Crippen LogP contribution in [0.2, 0.25) is 0 Å². The van der Waals surface area contributed by atoms with Crippen molar-refractivity contribution in [2.24, 2.45) is 0 Å². The third kappa shape index (κ3) is 2.80. The summed E-state index contributed by atoms with van der Waals surface area (Å²) >= 11 is 0. The first-order valence-corrected chi connectivity index (χ1v) is 5.71. The second-order valence-electron chi connectivity index (χ2n) is 2.12. The molecular weight excluding hydrogens is 195 g/mol. The maximum absolute atomic E-state index is 10.9. The Labute approximate surface area is 74.1 Å².